The summed E-state index contributed by atoms with van der Waals surface area (Å²) in [5.41, 5.74) is 1.15. The van der Waals surface area contributed by atoms with Gasteiger partial charge in [0.15, 0.2) is 0 Å². The van der Waals surface area contributed by atoms with E-state index in [0.717, 1.165) is 23.7 Å². The van der Waals surface area contributed by atoms with Gasteiger partial charge in [-0.05, 0) is 55.8 Å². The minimum Gasteiger partial charge on any atom is -0.462 e. The summed E-state index contributed by atoms with van der Waals surface area (Å²) in [6, 6.07) is 11.1. The summed E-state index contributed by atoms with van der Waals surface area (Å²) in [4.78, 5) is 12.7. The average Bonchev–Trinajstić information content (AvgIpc) is 3.00. The molecule has 0 aliphatic rings. The maximum Gasteiger partial charge on any atom is 0.342 e. The van der Waals surface area contributed by atoms with E-state index in [4.69, 9.17) is 9.15 Å². The number of halogens is 1. The van der Waals surface area contributed by atoms with Crippen molar-refractivity contribution in [2.75, 3.05) is 11.3 Å². The van der Waals surface area contributed by atoms with Crippen molar-refractivity contribution in [1.82, 2.24) is 0 Å². The van der Waals surface area contributed by atoms with E-state index in [1.165, 1.54) is 12.1 Å². The molecule has 6 nitrogen and oxygen atoms in total. The number of nitrogens with one attached hydrogen (secondary N) is 1. The molecule has 0 aliphatic carbocycles. The van der Waals surface area contributed by atoms with Crippen LogP contribution in [0.4, 0.5) is 5.69 Å². The van der Waals surface area contributed by atoms with E-state index in [1.54, 1.807) is 37.3 Å². The highest BCUT2D eigenvalue weighted by molar-refractivity contribution is 9.10. The third-order valence-corrected chi connectivity index (χ3v) is 6.35. The molecule has 0 saturated carbocycles. The molecule has 8 heteroatoms. The molecule has 0 spiro atoms. The second-order valence-corrected chi connectivity index (χ2v) is 9.24. The van der Waals surface area contributed by atoms with Crippen molar-refractivity contribution < 1.29 is 22.4 Å². The fourth-order valence-corrected chi connectivity index (χ4v) is 4.27. The number of carbonyl (C=O) groups excluding carboxylic acids is 1. The molecule has 154 valence electrons. The Morgan fingerprint density at radius 2 is 1.86 bits per heavy atom. The minimum absolute atomic E-state index is 0.139. The van der Waals surface area contributed by atoms with Crippen LogP contribution in [0, 0.1) is 6.92 Å². The topological polar surface area (TPSA) is 85.6 Å². The summed E-state index contributed by atoms with van der Waals surface area (Å²) in [7, 11) is -3.76. The van der Waals surface area contributed by atoms with E-state index in [9.17, 15) is 13.2 Å². The normalized spacial score (nSPS) is 11.6. The number of rotatable bonds is 8. The molecule has 0 bridgehead atoms. The minimum atomic E-state index is -3.76. The van der Waals surface area contributed by atoms with Gasteiger partial charge in [-0.15, -0.1) is 0 Å². The maximum absolute atomic E-state index is 12.6. The van der Waals surface area contributed by atoms with Crippen molar-refractivity contribution in [3.8, 4) is 0 Å². The molecular formula is C21H22BrNO5S. The third-order valence-electron chi connectivity index (χ3n) is 4.43. The van der Waals surface area contributed by atoms with Crippen LogP contribution in [0.5, 0.6) is 0 Å². The van der Waals surface area contributed by atoms with Crippen LogP contribution in [-0.4, -0.2) is 21.0 Å². The van der Waals surface area contributed by atoms with Crippen LogP contribution < -0.4 is 4.72 Å². The van der Waals surface area contributed by atoms with Crippen LogP contribution in [0.15, 0.2) is 56.2 Å². The molecule has 3 rings (SSSR count). The Bertz CT molecular complexity index is 1120. The van der Waals surface area contributed by atoms with Crippen molar-refractivity contribution in [3.63, 3.8) is 0 Å². The van der Waals surface area contributed by atoms with E-state index in [-0.39, 0.29) is 4.90 Å². The van der Waals surface area contributed by atoms with Crippen molar-refractivity contribution in [3.05, 3.63) is 58.3 Å². The van der Waals surface area contributed by atoms with E-state index >= 15 is 0 Å². The lowest BCUT2D eigenvalue weighted by atomic mass is 10.1. The number of ether oxygens (including phenoxy) is 1. The number of unbranched alkanes of at least 4 members (excludes halogenated alkanes) is 2. The van der Waals surface area contributed by atoms with Crippen LogP contribution in [-0.2, 0) is 14.8 Å². The second kappa shape index (κ2) is 9.00. The van der Waals surface area contributed by atoms with Gasteiger partial charge in [-0.25, -0.2) is 13.2 Å². The Morgan fingerprint density at radius 1 is 1.14 bits per heavy atom. The van der Waals surface area contributed by atoms with E-state index in [2.05, 4.69) is 27.6 Å². The van der Waals surface area contributed by atoms with Gasteiger partial charge in [-0.3, -0.25) is 4.72 Å². The summed E-state index contributed by atoms with van der Waals surface area (Å²) in [5.74, 6) is -0.0290. The number of esters is 1. The average molecular weight is 480 g/mol. The number of hydrogen-bond donors (Lipinski definition) is 1. The van der Waals surface area contributed by atoms with E-state index in [0.29, 0.717) is 34.6 Å². The molecule has 0 aliphatic heterocycles. The largest absolute Gasteiger partial charge is 0.462 e. The molecule has 29 heavy (non-hydrogen) atoms. The first-order valence-electron chi connectivity index (χ1n) is 9.30. The van der Waals surface area contributed by atoms with Crippen LogP contribution >= 0.6 is 15.9 Å². The summed E-state index contributed by atoms with van der Waals surface area (Å²) in [5, 5.41) is 0.513. The molecule has 0 fully saturated rings. The SMILES string of the molecule is CCCCCOC(=O)c1c(C)oc2ccc(NS(=O)(=O)c3ccc(Br)cc3)cc12. The van der Waals surface area contributed by atoms with Gasteiger partial charge in [0.05, 0.1) is 11.5 Å². The smallest absolute Gasteiger partial charge is 0.342 e. The Labute approximate surface area is 178 Å². The van der Waals surface area contributed by atoms with Gasteiger partial charge in [0, 0.05) is 15.5 Å². The zero-order valence-corrected chi connectivity index (χ0v) is 18.6. The van der Waals surface area contributed by atoms with Crippen molar-refractivity contribution in [2.45, 2.75) is 38.0 Å². The lowest BCUT2D eigenvalue weighted by Gasteiger charge is -2.09. The number of benzene rings is 2. The van der Waals surface area contributed by atoms with Gasteiger partial charge < -0.3 is 9.15 Å². The van der Waals surface area contributed by atoms with Crippen LogP contribution in [0.1, 0.15) is 42.3 Å². The second-order valence-electron chi connectivity index (χ2n) is 6.65. The summed E-state index contributed by atoms with van der Waals surface area (Å²) in [6.07, 6.45) is 2.82. The number of hydrogen-bond acceptors (Lipinski definition) is 5. The number of aryl methyl sites for hydroxylation is 1. The number of furan rings is 1. The molecule has 1 heterocycles. The first kappa shape index (κ1) is 21.4. The van der Waals surface area contributed by atoms with Crippen LogP contribution in [0.3, 0.4) is 0 Å². The van der Waals surface area contributed by atoms with Crippen molar-refractivity contribution in [1.29, 1.82) is 0 Å². The molecule has 1 aromatic heterocycles. The number of anilines is 1. The number of fused-ring (bicyclic) bond motifs is 1. The van der Waals surface area contributed by atoms with Gasteiger partial charge in [0.1, 0.15) is 16.9 Å². The monoisotopic (exact) mass is 479 g/mol. The first-order chi connectivity index (χ1) is 13.8. The molecule has 3 aromatic rings. The molecule has 0 saturated heterocycles. The summed E-state index contributed by atoms with van der Waals surface area (Å²) >= 11 is 3.29. The molecule has 0 radical (unpaired) electrons. The molecule has 1 N–H and O–H groups in total. The fraction of sp³-hybridized carbons (Fsp3) is 0.286. The van der Waals surface area contributed by atoms with Gasteiger partial charge in [-0.2, -0.15) is 0 Å². The van der Waals surface area contributed by atoms with Gasteiger partial charge in [-0.1, -0.05) is 35.7 Å². The fourth-order valence-electron chi connectivity index (χ4n) is 2.95. The summed E-state index contributed by atoms with van der Waals surface area (Å²) < 4.78 is 39.6. The van der Waals surface area contributed by atoms with E-state index in [1.807, 2.05) is 0 Å². The zero-order valence-electron chi connectivity index (χ0n) is 16.2. The third kappa shape index (κ3) is 5.00. The standard InChI is InChI=1S/C21H22BrNO5S/c1-3-4-5-12-27-21(24)20-14(2)28-19-11-8-16(13-18(19)20)23-29(25,26)17-9-6-15(22)7-10-17/h6-11,13,23H,3-5,12H2,1-2H3. The quantitative estimate of drug-likeness (QED) is 0.333. The van der Waals surface area contributed by atoms with E-state index < -0.39 is 16.0 Å². The van der Waals surface area contributed by atoms with Gasteiger partial charge in [0.25, 0.3) is 10.0 Å². The maximum atomic E-state index is 12.6. The molecular weight excluding hydrogens is 458 g/mol. The molecule has 2 aromatic carbocycles. The Hall–Kier alpha value is -2.32. The molecule has 0 amide bonds. The Balaban J connectivity index is 1.87. The Kier molecular flexibility index (Phi) is 6.64. The highest BCUT2D eigenvalue weighted by Gasteiger charge is 2.21. The van der Waals surface area contributed by atoms with Crippen LogP contribution in [0.2, 0.25) is 0 Å². The zero-order chi connectivity index (χ0) is 21.0. The number of carbonyl (C=O) groups is 1. The van der Waals surface area contributed by atoms with Gasteiger partial charge in [0.2, 0.25) is 0 Å². The number of sulfonamides is 1. The van der Waals surface area contributed by atoms with Gasteiger partial charge >= 0.3 is 5.97 Å². The highest BCUT2D eigenvalue weighted by Crippen LogP contribution is 2.30. The Morgan fingerprint density at radius 3 is 2.55 bits per heavy atom. The lowest BCUT2D eigenvalue weighted by Crippen LogP contribution is -2.13. The predicted octanol–water partition coefficient (Wildman–Crippen LogP) is 5.65. The first-order valence-corrected chi connectivity index (χ1v) is 11.6. The molecule has 0 unspecified atom stereocenters. The van der Waals surface area contributed by atoms with Crippen molar-refractivity contribution >= 4 is 48.6 Å². The predicted molar refractivity (Wildman–Crippen MR) is 116 cm³/mol. The summed E-state index contributed by atoms with van der Waals surface area (Å²) in [6.45, 7) is 4.11. The highest BCUT2D eigenvalue weighted by atomic mass is 79.9. The van der Waals surface area contributed by atoms with Crippen molar-refractivity contribution in [2.24, 2.45) is 0 Å². The lowest BCUT2D eigenvalue weighted by molar-refractivity contribution is 0.0498. The molecule has 0 atom stereocenters. The van der Waals surface area contributed by atoms with Crippen LogP contribution in [0.25, 0.3) is 11.0 Å².